The highest BCUT2D eigenvalue weighted by atomic mass is 35.6. The molecule has 0 amide bonds. The number of halogens is 6. The SMILES string of the molecule is Clc1cc(Cl)c2oc(C(Cl)(Cl)Cl)nc2c1Cl. The summed E-state index contributed by atoms with van der Waals surface area (Å²) in [6, 6.07) is 1.43. The minimum absolute atomic E-state index is 0.112. The number of hydrogen-bond donors (Lipinski definition) is 0. The Hall–Kier alpha value is 0.430. The molecule has 0 N–H and O–H groups in total. The summed E-state index contributed by atoms with van der Waals surface area (Å²) in [5.41, 5.74) is 0.498. The Morgan fingerprint density at radius 3 is 2.25 bits per heavy atom. The van der Waals surface area contributed by atoms with Crippen LogP contribution >= 0.6 is 69.6 Å². The third-order valence-electron chi connectivity index (χ3n) is 1.76. The van der Waals surface area contributed by atoms with Crippen LogP contribution in [0.5, 0.6) is 0 Å². The molecule has 16 heavy (non-hydrogen) atoms. The topological polar surface area (TPSA) is 26.0 Å². The molecule has 0 bridgehead atoms. The van der Waals surface area contributed by atoms with E-state index in [1.165, 1.54) is 6.07 Å². The highest BCUT2D eigenvalue weighted by Crippen LogP contribution is 2.42. The van der Waals surface area contributed by atoms with E-state index in [0.29, 0.717) is 0 Å². The Morgan fingerprint density at radius 1 is 1.06 bits per heavy atom. The van der Waals surface area contributed by atoms with Crippen LogP contribution in [0, 0.1) is 0 Å². The summed E-state index contributed by atoms with van der Waals surface area (Å²) < 4.78 is 3.44. The van der Waals surface area contributed by atoms with Crippen LogP contribution in [0.15, 0.2) is 10.5 Å². The monoisotopic (exact) mass is 337 g/mol. The molecule has 2 rings (SSSR count). The average Bonchev–Trinajstić information content (AvgIpc) is 2.58. The maximum Gasteiger partial charge on any atom is 0.266 e. The summed E-state index contributed by atoms with van der Waals surface area (Å²) in [6.45, 7) is 0. The van der Waals surface area contributed by atoms with E-state index in [1.807, 2.05) is 0 Å². The molecule has 2 aromatic rings. The summed E-state index contributed by atoms with van der Waals surface area (Å²) in [7, 11) is 0. The van der Waals surface area contributed by atoms with Gasteiger partial charge < -0.3 is 4.42 Å². The van der Waals surface area contributed by atoms with Crippen molar-refractivity contribution >= 4 is 80.7 Å². The van der Waals surface area contributed by atoms with E-state index in [9.17, 15) is 0 Å². The fourth-order valence-electron chi connectivity index (χ4n) is 1.11. The maximum absolute atomic E-state index is 5.92. The molecular weight excluding hydrogens is 339 g/mol. The van der Waals surface area contributed by atoms with Gasteiger partial charge in [0.25, 0.3) is 3.79 Å². The number of hydrogen-bond acceptors (Lipinski definition) is 2. The Morgan fingerprint density at radius 2 is 1.69 bits per heavy atom. The van der Waals surface area contributed by atoms with Crippen LogP contribution < -0.4 is 0 Å². The van der Waals surface area contributed by atoms with E-state index in [-0.39, 0.29) is 32.1 Å². The maximum atomic E-state index is 5.92. The number of rotatable bonds is 0. The van der Waals surface area contributed by atoms with Gasteiger partial charge in [0.15, 0.2) is 5.58 Å². The molecule has 1 aromatic carbocycles. The van der Waals surface area contributed by atoms with Gasteiger partial charge in [0.05, 0.1) is 15.1 Å². The lowest BCUT2D eigenvalue weighted by Crippen LogP contribution is -1.99. The van der Waals surface area contributed by atoms with Gasteiger partial charge in [-0.05, 0) is 6.07 Å². The van der Waals surface area contributed by atoms with Gasteiger partial charge in [0.2, 0.25) is 5.89 Å². The van der Waals surface area contributed by atoms with E-state index >= 15 is 0 Å². The van der Waals surface area contributed by atoms with Crippen LogP contribution in [-0.2, 0) is 3.79 Å². The van der Waals surface area contributed by atoms with Crippen LogP contribution in [0.1, 0.15) is 5.89 Å². The first kappa shape index (κ1) is 12.9. The Bertz CT molecular complexity index is 558. The summed E-state index contributed by atoms with van der Waals surface area (Å²) >= 11 is 34.5. The molecule has 0 fully saturated rings. The molecule has 0 radical (unpaired) electrons. The first-order valence-corrected chi connectivity index (χ1v) is 6.08. The molecular formula is C8HCl6NO. The fraction of sp³-hybridized carbons (Fsp3) is 0.125. The van der Waals surface area contributed by atoms with Gasteiger partial charge in [-0.3, -0.25) is 0 Å². The fourth-order valence-corrected chi connectivity index (χ4v) is 2.02. The standard InChI is InChI=1S/C8HCl6NO/c9-2-1-3(10)6-5(4(2)11)15-7(16-6)8(12,13)14/h1H. The van der Waals surface area contributed by atoms with E-state index in [0.717, 1.165) is 0 Å². The van der Waals surface area contributed by atoms with Crippen LogP contribution in [0.2, 0.25) is 15.1 Å². The van der Waals surface area contributed by atoms with E-state index < -0.39 is 3.79 Å². The normalized spacial score (nSPS) is 12.4. The lowest BCUT2D eigenvalue weighted by atomic mass is 10.3. The molecule has 8 heteroatoms. The van der Waals surface area contributed by atoms with Crippen molar-refractivity contribution in [3.05, 3.63) is 27.0 Å². The summed E-state index contributed by atoms with van der Waals surface area (Å²) in [4.78, 5) is 3.94. The number of alkyl halides is 3. The molecule has 0 spiro atoms. The minimum Gasteiger partial charge on any atom is -0.435 e. The second-order valence-corrected chi connectivity index (χ2v) is 6.32. The second kappa shape index (κ2) is 4.27. The largest absolute Gasteiger partial charge is 0.435 e. The highest BCUT2D eigenvalue weighted by Gasteiger charge is 2.31. The molecule has 0 atom stereocenters. The molecule has 1 heterocycles. The number of nitrogens with zero attached hydrogens (tertiary/aromatic N) is 1. The number of aromatic nitrogens is 1. The quantitative estimate of drug-likeness (QED) is 0.460. The smallest absolute Gasteiger partial charge is 0.266 e. The number of fused-ring (bicyclic) bond motifs is 1. The van der Waals surface area contributed by atoms with Crippen LogP contribution in [0.4, 0.5) is 0 Å². The molecule has 86 valence electrons. The first-order valence-electron chi connectivity index (χ1n) is 3.82. The Balaban J connectivity index is 2.80. The third kappa shape index (κ3) is 2.20. The second-order valence-electron chi connectivity index (χ2n) is 2.85. The predicted octanol–water partition coefficient (Wildman–Crippen LogP) is 5.61. The van der Waals surface area contributed by atoms with Crippen molar-refractivity contribution < 1.29 is 4.42 Å². The van der Waals surface area contributed by atoms with Crippen molar-refractivity contribution in [2.24, 2.45) is 0 Å². The van der Waals surface area contributed by atoms with Gasteiger partial charge in [-0.25, -0.2) is 4.98 Å². The van der Waals surface area contributed by atoms with Crippen molar-refractivity contribution in [1.29, 1.82) is 0 Å². The highest BCUT2D eigenvalue weighted by molar-refractivity contribution is 6.66. The van der Waals surface area contributed by atoms with Gasteiger partial charge in [-0.2, -0.15) is 0 Å². The van der Waals surface area contributed by atoms with E-state index in [1.54, 1.807) is 0 Å². The molecule has 1 aromatic heterocycles. The molecule has 0 aliphatic rings. The Kier molecular flexibility index (Phi) is 3.44. The first-order chi connectivity index (χ1) is 7.30. The lowest BCUT2D eigenvalue weighted by molar-refractivity contribution is 0.540. The van der Waals surface area contributed by atoms with Crippen LogP contribution in [0.25, 0.3) is 11.1 Å². The molecule has 0 saturated carbocycles. The average molecular weight is 340 g/mol. The van der Waals surface area contributed by atoms with Gasteiger partial charge >= 0.3 is 0 Å². The summed E-state index contributed by atoms with van der Waals surface area (Å²) in [5.74, 6) is -0.112. The summed E-state index contributed by atoms with van der Waals surface area (Å²) in [6.07, 6.45) is 0. The summed E-state index contributed by atoms with van der Waals surface area (Å²) in [5, 5.41) is 0.700. The number of benzene rings is 1. The van der Waals surface area contributed by atoms with Gasteiger partial charge in [-0.15, -0.1) is 0 Å². The van der Waals surface area contributed by atoms with E-state index in [2.05, 4.69) is 4.98 Å². The predicted molar refractivity (Wildman–Crippen MR) is 68.3 cm³/mol. The van der Waals surface area contributed by atoms with E-state index in [4.69, 9.17) is 74.0 Å². The molecule has 0 saturated heterocycles. The van der Waals surface area contributed by atoms with Crippen LogP contribution in [0.3, 0.4) is 0 Å². The zero-order valence-corrected chi connectivity index (χ0v) is 11.7. The molecule has 2 nitrogen and oxygen atoms in total. The molecule has 0 aliphatic carbocycles. The van der Waals surface area contributed by atoms with Crippen LogP contribution in [-0.4, -0.2) is 4.98 Å². The zero-order valence-electron chi connectivity index (χ0n) is 7.20. The van der Waals surface area contributed by atoms with Crippen molar-refractivity contribution in [2.45, 2.75) is 3.79 Å². The number of oxazole rings is 1. The minimum atomic E-state index is -1.78. The van der Waals surface area contributed by atoms with Crippen molar-refractivity contribution in [3.8, 4) is 0 Å². The van der Waals surface area contributed by atoms with Crippen molar-refractivity contribution in [3.63, 3.8) is 0 Å². The van der Waals surface area contributed by atoms with Gasteiger partial charge in [-0.1, -0.05) is 69.6 Å². The lowest BCUT2D eigenvalue weighted by Gasteiger charge is -2.02. The Labute approximate surface area is 120 Å². The van der Waals surface area contributed by atoms with Crippen molar-refractivity contribution in [2.75, 3.05) is 0 Å². The zero-order chi connectivity index (χ0) is 12.1. The van der Waals surface area contributed by atoms with Gasteiger partial charge in [0.1, 0.15) is 5.52 Å². The molecule has 0 unspecified atom stereocenters. The third-order valence-corrected chi connectivity index (χ3v) is 3.30. The van der Waals surface area contributed by atoms with Gasteiger partial charge in [0, 0.05) is 0 Å². The van der Waals surface area contributed by atoms with Crippen molar-refractivity contribution in [1.82, 2.24) is 4.98 Å². The molecule has 0 aliphatic heterocycles.